The highest BCUT2D eigenvalue weighted by Crippen LogP contribution is 2.25. The maximum Gasteiger partial charge on any atom is 0.123 e. The Morgan fingerprint density at radius 2 is 2.15 bits per heavy atom. The van der Waals surface area contributed by atoms with Crippen molar-refractivity contribution in [3.05, 3.63) is 57.3 Å². The van der Waals surface area contributed by atoms with E-state index in [9.17, 15) is 0 Å². The van der Waals surface area contributed by atoms with Crippen LogP contribution in [-0.4, -0.2) is 11.0 Å². The van der Waals surface area contributed by atoms with Gasteiger partial charge in [0.1, 0.15) is 12.4 Å². The van der Waals surface area contributed by atoms with Gasteiger partial charge in [0.05, 0.1) is 0 Å². The molecule has 0 aliphatic carbocycles. The lowest BCUT2D eigenvalue weighted by Gasteiger charge is -2.13. The van der Waals surface area contributed by atoms with E-state index in [1.165, 1.54) is 0 Å². The van der Waals surface area contributed by atoms with E-state index >= 15 is 0 Å². The van der Waals surface area contributed by atoms with Gasteiger partial charge in [-0.25, -0.2) is 0 Å². The molecule has 106 valence electrons. The minimum atomic E-state index is 0.0587. The van der Waals surface area contributed by atoms with Gasteiger partial charge in [-0.2, -0.15) is 0 Å². The molecule has 0 saturated heterocycles. The average Bonchev–Trinajstić information content (AvgIpc) is 2.37. The molecule has 0 saturated carbocycles. The van der Waals surface area contributed by atoms with Crippen molar-refractivity contribution in [3.8, 4) is 5.75 Å². The van der Waals surface area contributed by atoms with Crippen LogP contribution < -0.4 is 10.5 Å². The SMILES string of the molecule is CC(N)Cc1cc(Cl)ccc1OCc1cncc(Br)c1. The van der Waals surface area contributed by atoms with Gasteiger partial charge in [0.15, 0.2) is 0 Å². The fourth-order valence-corrected chi connectivity index (χ4v) is 2.50. The standard InChI is InChI=1S/C15H16BrClN2O/c1-10(18)4-12-6-14(17)2-3-15(12)20-9-11-5-13(16)8-19-7-11/h2-3,5-8,10H,4,9,18H2,1H3. The summed E-state index contributed by atoms with van der Waals surface area (Å²) in [7, 11) is 0. The average molecular weight is 356 g/mol. The molecule has 0 spiro atoms. The van der Waals surface area contributed by atoms with Crippen LogP contribution in [0, 0.1) is 0 Å². The van der Waals surface area contributed by atoms with Gasteiger partial charge in [-0.15, -0.1) is 0 Å². The van der Waals surface area contributed by atoms with Gasteiger partial charge in [0.25, 0.3) is 0 Å². The molecule has 1 heterocycles. The van der Waals surface area contributed by atoms with E-state index in [1.54, 1.807) is 12.4 Å². The monoisotopic (exact) mass is 354 g/mol. The third kappa shape index (κ3) is 4.47. The van der Waals surface area contributed by atoms with Crippen LogP contribution in [-0.2, 0) is 13.0 Å². The number of rotatable bonds is 5. The van der Waals surface area contributed by atoms with Crippen molar-refractivity contribution in [1.82, 2.24) is 4.98 Å². The molecule has 2 rings (SSSR count). The van der Waals surface area contributed by atoms with Crippen LogP contribution in [0.1, 0.15) is 18.1 Å². The minimum Gasteiger partial charge on any atom is -0.489 e. The third-order valence-corrected chi connectivity index (χ3v) is 3.39. The van der Waals surface area contributed by atoms with E-state index in [4.69, 9.17) is 22.1 Å². The van der Waals surface area contributed by atoms with Gasteiger partial charge in [-0.1, -0.05) is 11.6 Å². The minimum absolute atomic E-state index is 0.0587. The zero-order chi connectivity index (χ0) is 14.5. The van der Waals surface area contributed by atoms with Crippen molar-refractivity contribution >= 4 is 27.5 Å². The lowest BCUT2D eigenvalue weighted by molar-refractivity contribution is 0.302. The van der Waals surface area contributed by atoms with Crippen molar-refractivity contribution in [3.63, 3.8) is 0 Å². The Bertz CT molecular complexity index is 590. The Morgan fingerprint density at radius 3 is 2.85 bits per heavy atom. The predicted octanol–water partition coefficient (Wildman–Crippen LogP) is 3.97. The molecule has 1 atom stereocenters. The number of benzene rings is 1. The number of nitrogens with zero attached hydrogens (tertiary/aromatic N) is 1. The molecule has 1 aromatic carbocycles. The first-order valence-electron chi connectivity index (χ1n) is 6.31. The van der Waals surface area contributed by atoms with Crippen molar-refractivity contribution in [1.29, 1.82) is 0 Å². The van der Waals surface area contributed by atoms with Crippen LogP contribution >= 0.6 is 27.5 Å². The molecule has 3 nitrogen and oxygen atoms in total. The molecular weight excluding hydrogens is 340 g/mol. The lowest BCUT2D eigenvalue weighted by Crippen LogP contribution is -2.18. The molecule has 20 heavy (non-hydrogen) atoms. The van der Waals surface area contributed by atoms with E-state index in [1.807, 2.05) is 31.2 Å². The first kappa shape index (κ1) is 15.3. The number of halogens is 2. The first-order chi connectivity index (χ1) is 9.54. The molecule has 0 radical (unpaired) electrons. The lowest BCUT2D eigenvalue weighted by atomic mass is 10.1. The second kappa shape index (κ2) is 7.07. The summed E-state index contributed by atoms with van der Waals surface area (Å²) < 4.78 is 6.79. The Labute approximate surface area is 132 Å². The van der Waals surface area contributed by atoms with Crippen LogP contribution in [0.2, 0.25) is 5.02 Å². The molecule has 0 amide bonds. The summed E-state index contributed by atoms with van der Waals surface area (Å²) in [6, 6.07) is 7.64. The number of hydrogen-bond acceptors (Lipinski definition) is 3. The van der Waals surface area contributed by atoms with Gasteiger partial charge in [0.2, 0.25) is 0 Å². The second-order valence-corrected chi connectivity index (χ2v) is 6.09. The normalized spacial score (nSPS) is 12.2. The summed E-state index contributed by atoms with van der Waals surface area (Å²) in [5, 5.41) is 0.692. The van der Waals surface area contributed by atoms with Crippen LogP contribution in [0.4, 0.5) is 0 Å². The fourth-order valence-electron chi connectivity index (χ4n) is 1.89. The molecule has 0 aliphatic rings. The molecule has 2 N–H and O–H groups in total. The predicted molar refractivity (Wildman–Crippen MR) is 85.1 cm³/mol. The van der Waals surface area contributed by atoms with Crippen LogP contribution in [0.15, 0.2) is 41.1 Å². The number of ether oxygens (including phenoxy) is 1. The summed E-state index contributed by atoms with van der Waals surface area (Å²) in [6.45, 7) is 2.42. The largest absolute Gasteiger partial charge is 0.489 e. The van der Waals surface area contributed by atoms with E-state index in [0.29, 0.717) is 11.6 Å². The molecule has 2 aromatic rings. The Hall–Kier alpha value is -1.10. The van der Waals surface area contributed by atoms with Crippen LogP contribution in [0.3, 0.4) is 0 Å². The summed E-state index contributed by atoms with van der Waals surface area (Å²) in [5.41, 5.74) is 7.88. The number of aromatic nitrogens is 1. The highest BCUT2D eigenvalue weighted by molar-refractivity contribution is 9.10. The highest BCUT2D eigenvalue weighted by atomic mass is 79.9. The first-order valence-corrected chi connectivity index (χ1v) is 7.48. The highest BCUT2D eigenvalue weighted by Gasteiger charge is 2.08. The number of hydrogen-bond donors (Lipinski definition) is 1. The van der Waals surface area contributed by atoms with E-state index in [2.05, 4.69) is 20.9 Å². The van der Waals surface area contributed by atoms with Gasteiger partial charge < -0.3 is 10.5 Å². The fraction of sp³-hybridized carbons (Fsp3) is 0.267. The smallest absolute Gasteiger partial charge is 0.123 e. The van der Waals surface area contributed by atoms with Crippen molar-refractivity contribution in [2.24, 2.45) is 5.73 Å². The maximum atomic E-state index is 6.03. The van der Waals surface area contributed by atoms with Crippen LogP contribution in [0.5, 0.6) is 5.75 Å². The second-order valence-electron chi connectivity index (χ2n) is 4.73. The molecule has 1 unspecified atom stereocenters. The van der Waals surface area contributed by atoms with Crippen molar-refractivity contribution in [2.45, 2.75) is 26.0 Å². The Kier molecular flexibility index (Phi) is 5.40. The molecule has 1 aromatic heterocycles. The van der Waals surface area contributed by atoms with Gasteiger partial charge in [0, 0.05) is 33.5 Å². The number of nitrogens with two attached hydrogens (primary N) is 1. The van der Waals surface area contributed by atoms with E-state index in [-0.39, 0.29) is 6.04 Å². The number of pyridine rings is 1. The van der Waals surface area contributed by atoms with Crippen LogP contribution in [0.25, 0.3) is 0 Å². The van der Waals surface area contributed by atoms with Gasteiger partial charge in [-0.05, 0) is 59.1 Å². The zero-order valence-electron chi connectivity index (χ0n) is 11.1. The summed E-state index contributed by atoms with van der Waals surface area (Å²) in [4.78, 5) is 4.11. The zero-order valence-corrected chi connectivity index (χ0v) is 13.5. The Balaban J connectivity index is 2.12. The molecule has 0 bridgehead atoms. The summed E-state index contributed by atoms with van der Waals surface area (Å²) in [6.07, 6.45) is 4.26. The Morgan fingerprint density at radius 1 is 1.35 bits per heavy atom. The van der Waals surface area contributed by atoms with Gasteiger partial charge in [-0.3, -0.25) is 4.98 Å². The van der Waals surface area contributed by atoms with Crippen molar-refractivity contribution in [2.75, 3.05) is 0 Å². The van der Waals surface area contributed by atoms with E-state index in [0.717, 1.165) is 27.8 Å². The summed E-state index contributed by atoms with van der Waals surface area (Å²) in [5.74, 6) is 0.812. The topological polar surface area (TPSA) is 48.1 Å². The summed E-state index contributed by atoms with van der Waals surface area (Å²) >= 11 is 9.42. The van der Waals surface area contributed by atoms with Gasteiger partial charge >= 0.3 is 0 Å². The molecular formula is C15H16BrClN2O. The maximum absolute atomic E-state index is 6.03. The molecule has 0 fully saturated rings. The molecule has 0 aliphatic heterocycles. The quantitative estimate of drug-likeness (QED) is 0.883. The molecule has 5 heteroatoms. The van der Waals surface area contributed by atoms with E-state index < -0.39 is 0 Å². The van der Waals surface area contributed by atoms with Crippen molar-refractivity contribution < 1.29 is 4.74 Å². The third-order valence-electron chi connectivity index (χ3n) is 2.72.